The van der Waals surface area contributed by atoms with Crippen LogP contribution in [-0.4, -0.2) is 20.6 Å². The number of nitrogens with zero attached hydrogens (tertiary/aromatic N) is 2. The minimum absolute atomic E-state index is 0.241. The number of fused-ring (bicyclic) bond motifs is 1. The molecule has 0 aliphatic carbocycles. The van der Waals surface area contributed by atoms with Gasteiger partial charge < -0.3 is 9.67 Å². The van der Waals surface area contributed by atoms with Crippen LogP contribution in [0.2, 0.25) is 0 Å². The lowest BCUT2D eigenvalue weighted by atomic mass is 9.97. The van der Waals surface area contributed by atoms with Gasteiger partial charge in [0.15, 0.2) is 0 Å². The molecule has 2 rings (SSSR count). The van der Waals surface area contributed by atoms with Crippen LogP contribution in [0.5, 0.6) is 0 Å². The SMILES string of the molecule is CCc1nc(C)n2c1CCC(C(=O)O)C2. The third-order valence-corrected chi connectivity index (χ3v) is 3.16. The molecule has 15 heavy (non-hydrogen) atoms. The van der Waals surface area contributed by atoms with E-state index in [0.717, 1.165) is 30.8 Å². The number of carboxylic acid groups (broad SMARTS) is 1. The molecule has 1 N–H and O–H groups in total. The fourth-order valence-corrected chi connectivity index (χ4v) is 2.30. The number of hydrogen-bond donors (Lipinski definition) is 1. The number of rotatable bonds is 2. The lowest BCUT2D eigenvalue weighted by Gasteiger charge is -2.22. The van der Waals surface area contributed by atoms with Gasteiger partial charge >= 0.3 is 5.97 Å². The normalized spacial score (nSPS) is 20.0. The van der Waals surface area contributed by atoms with Gasteiger partial charge in [-0.05, 0) is 26.2 Å². The maximum absolute atomic E-state index is 10.9. The summed E-state index contributed by atoms with van der Waals surface area (Å²) < 4.78 is 2.07. The third kappa shape index (κ3) is 1.64. The van der Waals surface area contributed by atoms with E-state index >= 15 is 0 Å². The van der Waals surface area contributed by atoms with Gasteiger partial charge in [-0.3, -0.25) is 4.79 Å². The lowest BCUT2D eigenvalue weighted by Crippen LogP contribution is -2.27. The Labute approximate surface area is 88.9 Å². The van der Waals surface area contributed by atoms with Gasteiger partial charge in [-0.25, -0.2) is 4.98 Å². The Kier molecular flexibility index (Phi) is 2.50. The van der Waals surface area contributed by atoms with Gasteiger partial charge in [-0.15, -0.1) is 0 Å². The first-order valence-electron chi connectivity index (χ1n) is 5.41. The Morgan fingerprint density at radius 1 is 1.67 bits per heavy atom. The highest BCUT2D eigenvalue weighted by molar-refractivity contribution is 5.70. The molecule has 82 valence electrons. The zero-order valence-electron chi connectivity index (χ0n) is 9.16. The Morgan fingerprint density at radius 3 is 3.00 bits per heavy atom. The van der Waals surface area contributed by atoms with Crippen molar-refractivity contribution >= 4 is 5.97 Å². The maximum atomic E-state index is 10.9. The minimum Gasteiger partial charge on any atom is -0.481 e. The van der Waals surface area contributed by atoms with Crippen LogP contribution in [0.4, 0.5) is 0 Å². The van der Waals surface area contributed by atoms with Crippen molar-refractivity contribution < 1.29 is 9.90 Å². The summed E-state index contributed by atoms with van der Waals surface area (Å²) in [4.78, 5) is 15.4. The summed E-state index contributed by atoms with van der Waals surface area (Å²) in [5.41, 5.74) is 2.38. The molecule has 0 amide bonds. The molecule has 0 spiro atoms. The molecule has 0 bridgehead atoms. The summed E-state index contributed by atoms with van der Waals surface area (Å²) in [6.07, 6.45) is 2.52. The molecule has 1 aromatic heterocycles. The zero-order chi connectivity index (χ0) is 11.0. The molecule has 1 aliphatic heterocycles. The van der Waals surface area contributed by atoms with E-state index in [0.29, 0.717) is 6.54 Å². The predicted molar refractivity (Wildman–Crippen MR) is 55.8 cm³/mol. The Balaban J connectivity index is 2.33. The smallest absolute Gasteiger partial charge is 0.308 e. The monoisotopic (exact) mass is 208 g/mol. The largest absolute Gasteiger partial charge is 0.481 e. The zero-order valence-corrected chi connectivity index (χ0v) is 9.16. The van der Waals surface area contributed by atoms with E-state index < -0.39 is 5.97 Å². The third-order valence-electron chi connectivity index (χ3n) is 3.16. The molecule has 0 fully saturated rings. The van der Waals surface area contributed by atoms with Crippen molar-refractivity contribution in [1.29, 1.82) is 0 Å². The highest BCUT2D eigenvalue weighted by Gasteiger charge is 2.27. The van der Waals surface area contributed by atoms with Gasteiger partial charge in [0.25, 0.3) is 0 Å². The Bertz CT molecular complexity index is 396. The lowest BCUT2D eigenvalue weighted by molar-refractivity contribution is -0.142. The van der Waals surface area contributed by atoms with Crippen LogP contribution < -0.4 is 0 Å². The van der Waals surface area contributed by atoms with Crippen molar-refractivity contribution in [1.82, 2.24) is 9.55 Å². The summed E-state index contributed by atoms with van der Waals surface area (Å²) >= 11 is 0. The van der Waals surface area contributed by atoms with E-state index in [1.54, 1.807) is 0 Å². The summed E-state index contributed by atoms with van der Waals surface area (Å²) in [5.74, 6) is 0.0229. The number of aromatic nitrogens is 2. The van der Waals surface area contributed by atoms with E-state index in [1.807, 2.05) is 6.92 Å². The molecule has 4 nitrogen and oxygen atoms in total. The second-order valence-corrected chi connectivity index (χ2v) is 4.09. The van der Waals surface area contributed by atoms with Crippen molar-refractivity contribution in [3.63, 3.8) is 0 Å². The second-order valence-electron chi connectivity index (χ2n) is 4.09. The average Bonchev–Trinajstić information content (AvgIpc) is 2.55. The predicted octanol–water partition coefficient (Wildman–Crippen LogP) is 1.40. The molecule has 0 saturated carbocycles. The van der Waals surface area contributed by atoms with E-state index in [2.05, 4.69) is 16.5 Å². The maximum Gasteiger partial charge on any atom is 0.308 e. The van der Waals surface area contributed by atoms with Crippen LogP contribution >= 0.6 is 0 Å². The molecule has 1 aromatic rings. The van der Waals surface area contributed by atoms with Crippen molar-refractivity contribution in [2.45, 2.75) is 39.7 Å². The molecule has 1 atom stereocenters. The van der Waals surface area contributed by atoms with Crippen LogP contribution in [0.15, 0.2) is 0 Å². The molecule has 0 radical (unpaired) electrons. The van der Waals surface area contributed by atoms with Crippen LogP contribution in [-0.2, 0) is 24.2 Å². The van der Waals surface area contributed by atoms with Crippen LogP contribution in [0.3, 0.4) is 0 Å². The quantitative estimate of drug-likeness (QED) is 0.799. The summed E-state index contributed by atoms with van der Waals surface area (Å²) in [6, 6.07) is 0. The van der Waals surface area contributed by atoms with Crippen LogP contribution in [0.1, 0.15) is 30.6 Å². The standard InChI is InChI=1S/C11H16N2O2/c1-3-9-10-5-4-8(11(14)15)6-13(10)7(2)12-9/h8H,3-6H2,1-2H3,(H,14,15). The number of aryl methyl sites for hydroxylation is 2. The van der Waals surface area contributed by atoms with Gasteiger partial charge in [-0.1, -0.05) is 6.92 Å². The molecule has 1 unspecified atom stereocenters. The van der Waals surface area contributed by atoms with E-state index in [-0.39, 0.29) is 5.92 Å². The molecule has 4 heteroatoms. The van der Waals surface area contributed by atoms with Gasteiger partial charge in [0.2, 0.25) is 0 Å². The van der Waals surface area contributed by atoms with Gasteiger partial charge in [0.05, 0.1) is 11.6 Å². The molecule has 0 aromatic carbocycles. The molecular weight excluding hydrogens is 192 g/mol. The van der Waals surface area contributed by atoms with Gasteiger partial charge in [-0.2, -0.15) is 0 Å². The topological polar surface area (TPSA) is 55.1 Å². The number of carbonyl (C=O) groups is 1. The molecule has 2 heterocycles. The first-order valence-corrected chi connectivity index (χ1v) is 5.41. The number of carboxylic acids is 1. The second kappa shape index (κ2) is 3.68. The van der Waals surface area contributed by atoms with Crippen LogP contribution in [0.25, 0.3) is 0 Å². The first kappa shape index (κ1) is 10.2. The summed E-state index contributed by atoms with van der Waals surface area (Å²) in [5, 5.41) is 8.98. The van der Waals surface area contributed by atoms with Crippen molar-refractivity contribution in [3.8, 4) is 0 Å². The van der Waals surface area contributed by atoms with E-state index in [9.17, 15) is 4.79 Å². The number of aliphatic carboxylic acids is 1. The summed E-state index contributed by atoms with van der Waals surface area (Å²) in [7, 11) is 0. The molecule has 1 aliphatic rings. The molecular formula is C11H16N2O2. The Morgan fingerprint density at radius 2 is 2.40 bits per heavy atom. The highest BCUT2D eigenvalue weighted by Crippen LogP contribution is 2.24. The summed E-state index contributed by atoms with van der Waals surface area (Å²) in [6.45, 7) is 4.63. The van der Waals surface area contributed by atoms with Crippen molar-refractivity contribution in [3.05, 3.63) is 17.2 Å². The van der Waals surface area contributed by atoms with E-state index in [1.165, 1.54) is 5.69 Å². The fourth-order valence-electron chi connectivity index (χ4n) is 2.30. The van der Waals surface area contributed by atoms with E-state index in [4.69, 9.17) is 5.11 Å². The molecule has 0 saturated heterocycles. The van der Waals surface area contributed by atoms with Crippen LogP contribution in [0, 0.1) is 12.8 Å². The van der Waals surface area contributed by atoms with Crippen molar-refractivity contribution in [2.24, 2.45) is 5.92 Å². The van der Waals surface area contributed by atoms with Gasteiger partial charge in [0.1, 0.15) is 5.82 Å². The highest BCUT2D eigenvalue weighted by atomic mass is 16.4. The Hall–Kier alpha value is -1.32. The average molecular weight is 208 g/mol. The fraction of sp³-hybridized carbons (Fsp3) is 0.636. The minimum atomic E-state index is -0.688. The number of imidazole rings is 1. The van der Waals surface area contributed by atoms with Crippen molar-refractivity contribution in [2.75, 3.05) is 0 Å². The first-order chi connectivity index (χ1) is 7.13. The van der Waals surface area contributed by atoms with Gasteiger partial charge in [0, 0.05) is 12.2 Å². The number of hydrogen-bond acceptors (Lipinski definition) is 2.